The largest absolute Gasteiger partial charge is 0.453 e. The number of likely N-dealkylation sites (tertiary alicyclic amines) is 1. The maximum atomic E-state index is 15.2. The van der Waals surface area contributed by atoms with Gasteiger partial charge in [-0.2, -0.15) is 0 Å². The van der Waals surface area contributed by atoms with Crippen LogP contribution in [0.4, 0.5) is 13.6 Å². The number of pyridine rings is 1. The van der Waals surface area contributed by atoms with Gasteiger partial charge in [0.25, 0.3) is 5.91 Å². The molecule has 1 fully saturated rings. The number of hydrogen-bond acceptors (Lipinski definition) is 5. The Morgan fingerprint density at radius 3 is 2.60 bits per heavy atom. The minimum absolute atomic E-state index is 0.0643. The van der Waals surface area contributed by atoms with Gasteiger partial charge in [-0.15, -0.1) is 0 Å². The number of fused-ring (bicyclic) bond motifs is 1. The van der Waals surface area contributed by atoms with Gasteiger partial charge in [0, 0.05) is 43.4 Å². The van der Waals surface area contributed by atoms with E-state index in [9.17, 15) is 14.4 Å². The first kappa shape index (κ1) is 24.1. The van der Waals surface area contributed by atoms with Crippen molar-refractivity contribution in [2.75, 3.05) is 27.2 Å². The number of ether oxygens (including phenoxy) is 1. The van der Waals surface area contributed by atoms with E-state index in [-0.39, 0.29) is 29.8 Å². The van der Waals surface area contributed by atoms with Crippen LogP contribution < -0.4 is 5.32 Å². The summed E-state index contributed by atoms with van der Waals surface area (Å²) < 4.78 is 37.0. The number of nitrogens with one attached hydrogen (secondary N) is 1. The molecule has 3 aromatic rings. The molecule has 2 amide bonds. The molecule has 1 atom stereocenters. The van der Waals surface area contributed by atoms with Gasteiger partial charge >= 0.3 is 6.09 Å². The summed E-state index contributed by atoms with van der Waals surface area (Å²) in [6.45, 7) is 2.38. The van der Waals surface area contributed by atoms with Crippen LogP contribution in [0.1, 0.15) is 28.0 Å². The van der Waals surface area contributed by atoms with Gasteiger partial charge in [0.15, 0.2) is 0 Å². The van der Waals surface area contributed by atoms with Gasteiger partial charge in [-0.1, -0.05) is 0 Å². The van der Waals surface area contributed by atoms with Gasteiger partial charge in [-0.25, -0.2) is 23.4 Å². The fraction of sp³-hybridized carbons (Fsp3) is 0.320. The third-order valence-electron chi connectivity index (χ3n) is 6.24. The summed E-state index contributed by atoms with van der Waals surface area (Å²) in [6, 6.07) is 5.54. The number of imidazole rings is 1. The molecular weight excluding hydrogens is 458 g/mol. The summed E-state index contributed by atoms with van der Waals surface area (Å²) in [5.41, 5.74) is 1.87. The second-order valence-corrected chi connectivity index (χ2v) is 8.43. The van der Waals surface area contributed by atoms with Crippen LogP contribution in [0.3, 0.4) is 0 Å². The Kier molecular flexibility index (Phi) is 6.66. The van der Waals surface area contributed by atoms with Crippen LogP contribution >= 0.6 is 0 Å². The Balaban J connectivity index is 1.85. The van der Waals surface area contributed by atoms with E-state index in [0.29, 0.717) is 29.9 Å². The zero-order valence-corrected chi connectivity index (χ0v) is 19.5. The van der Waals surface area contributed by atoms with Gasteiger partial charge in [-0.05, 0) is 49.6 Å². The molecular formula is C25H24F2N4O4. The molecule has 2 aromatic heterocycles. The lowest BCUT2D eigenvalue weighted by atomic mass is 9.88. The highest BCUT2D eigenvalue weighted by Crippen LogP contribution is 2.34. The number of aromatic nitrogens is 2. The number of piperidine rings is 1. The van der Waals surface area contributed by atoms with Crippen LogP contribution in [0.15, 0.2) is 36.0 Å². The molecule has 1 aliphatic rings. The third-order valence-corrected chi connectivity index (χ3v) is 6.24. The van der Waals surface area contributed by atoms with Crippen LogP contribution in [0.2, 0.25) is 0 Å². The first-order chi connectivity index (χ1) is 16.8. The van der Waals surface area contributed by atoms with Crippen molar-refractivity contribution in [2.45, 2.75) is 19.8 Å². The minimum atomic E-state index is -0.934. The number of aryl methyl sites for hydroxylation is 1. The molecule has 1 aromatic carbocycles. The van der Waals surface area contributed by atoms with Crippen molar-refractivity contribution >= 4 is 23.6 Å². The van der Waals surface area contributed by atoms with E-state index in [1.54, 1.807) is 16.7 Å². The molecule has 35 heavy (non-hydrogen) atoms. The Hall–Kier alpha value is -4.04. The van der Waals surface area contributed by atoms with Crippen LogP contribution in [0.5, 0.6) is 0 Å². The summed E-state index contributed by atoms with van der Waals surface area (Å²) in [7, 11) is 2.65. The van der Waals surface area contributed by atoms with Crippen molar-refractivity contribution in [1.29, 1.82) is 0 Å². The average molecular weight is 482 g/mol. The number of halogens is 2. The number of carbonyl (C=O) groups excluding carboxylic acids is 3. The summed E-state index contributed by atoms with van der Waals surface area (Å²) in [6.07, 6.45) is 1.72. The van der Waals surface area contributed by atoms with Crippen molar-refractivity contribution in [3.05, 3.63) is 64.5 Å². The van der Waals surface area contributed by atoms with Gasteiger partial charge < -0.3 is 19.4 Å². The van der Waals surface area contributed by atoms with Crippen LogP contribution in [0.25, 0.3) is 16.9 Å². The molecule has 0 spiro atoms. The Morgan fingerprint density at radius 1 is 1.26 bits per heavy atom. The van der Waals surface area contributed by atoms with Gasteiger partial charge in [0.1, 0.15) is 23.2 Å². The maximum absolute atomic E-state index is 15.2. The number of amides is 2. The molecule has 1 unspecified atom stereocenters. The van der Waals surface area contributed by atoms with E-state index in [1.165, 1.54) is 19.1 Å². The van der Waals surface area contributed by atoms with E-state index in [1.807, 2.05) is 18.9 Å². The molecule has 4 rings (SSSR count). The smallest absolute Gasteiger partial charge is 0.409 e. The van der Waals surface area contributed by atoms with Crippen LogP contribution in [0, 0.1) is 24.5 Å². The quantitative estimate of drug-likeness (QED) is 0.576. The zero-order chi connectivity index (χ0) is 25.3. The normalized spacial score (nSPS) is 15.7. The fourth-order valence-corrected chi connectivity index (χ4v) is 4.44. The Bertz CT molecular complexity index is 1350. The van der Waals surface area contributed by atoms with E-state index >= 15 is 8.78 Å². The van der Waals surface area contributed by atoms with Gasteiger partial charge in [-0.3, -0.25) is 4.79 Å². The third kappa shape index (κ3) is 4.52. The Morgan fingerprint density at radius 2 is 1.97 bits per heavy atom. The molecule has 8 nitrogen and oxygen atoms in total. The number of benzene rings is 1. The van der Waals surface area contributed by atoms with E-state index in [0.717, 1.165) is 17.7 Å². The molecule has 0 bridgehead atoms. The van der Waals surface area contributed by atoms with Crippen molar-refractivity contribution < 1.29 is 27.9 Å². The van der Waals surface area contributed by atoms with Crippen LogP contribution in [-0.2, 0) is 16.0 Å². The first-order valence-electron chi connectivity index (χ1n) is 11.0. The molecule has 3 heterocycles. The predicted molar refractivity (Wildman–Crippen MR) is 124 cm³/mol. The van der Waals surface area contributed by atoms with Crippen molar-refractivity contribution in [2.24, 2.45) is 5.92 Å². The number of nitrogens with zero attached hydrogens (tertiary/aromatic N) is 3. The molecule has 1 saturated heterocycles. The molecule has 182 valence electrons. The summed E-state index contributed by atoms with van der Waals surface area (Å²) in [5.74, 6) is -0.960. The second kappa shape index (κ2) is 9.68. The predicted octanol–water partition coefficient (Wildman–Crippen LogP) is 3.34. The number of carbonyl (C=O) groups is 2. The lowest BCUT2D eigenvalue weighted by Crippen LogP contribution is -2.41. The highest BCUT2D eigenvalue weighted by Gasteiger charge is 2.32. The molecule has 0 aliphatic carbocycles. The highest BCUT2D eigenvalue weighted by atomic mass is 19.1. The van der Waals surface area contributed by atoms with Crippen LogP contribution in [-0.4, -0.2) is 59.5 Å². The Labute approximate surface area is 200 Å². The lowest BCUT2D eigenvalue weighted by molar-refractivity contribution is 0.0962. The SMILES string of the molecule is CNC(=O)c1cc(F)c(-c2nc3cc(C)ccn3c2CC2CN(C(=O)OC)CCC2=C=O)c(F)c1. The fourth-order valence-electron chi connectivity index (χ4n) is 4.44. The standard InChI is InChI=1S/C25H24F2N4O4/c1-14-4-7-31-20(11-17-12-30(25(34)35-3)6-5-15(17)13-32)23(29-21(31)8-14)22-18(26)9-16(10-19(22)27)24(33)28-2/h4,7-10,17H,5-6,11-12H2,1-3H3,(H,28,33). The van der Waals surface area contributed by atoms with Crippen molar-refractivity contribution in [1.82, 2.24) is 19.6 Å². The number of hydrogen-bond donors (Lipinski definition) is 1. The minimum Gasteiger partial charge on any atom is -0.453 e. The van der Waals surface area contributed by atoms with E-state index < -0.39 is 29.6 Å². The molecule has 0 saturated carbocycles. The van der Waals surface area contributed by atoms with E-state index in [4.69, 9.17) is 4.74 Å². The summed E-state index contributed by atoms with van der Waals surface area (Å²) >= 11 is 0. The second-order valence-electron chi connectivity index (χ2n) is 8.43. The molecule has 1 aliphatic heterocycles. The van der Waals surface area contributed by atoms with Gasteiger partial charge in [0.2, 0.25) is 0 Å². The first-order valence-corrected chi connectivity index (χ1v) is 11.0. The number of methoxy groups -OCH3 is 1. The van der Waals surface area contributed by atoms with Crippen molar-refractivity contribution in [3.63, 3.8) is 0 Å². The maximum Gasteiger partial charge on any atom is 0.409 e. The molecule has 0 radical (unpaired) electrons. The molecule has 10 heteroatoms. The topological polar surface area (TPSA) is 93.0 Å². The van der Waals surface area contributed by atoms with Gasteiger partial charge in [0.05, 0.1) is 24.1 Å². The van der Waals surface area contributed by atoms with Crippen molar-refractivity contribution in [3.8, 4) is 11.3 Å². The number of rotatable bonds is 4. The summed E-state index contributed by atoms with van der Waals surface area (Å²) in [5, 5.41) is 2.34. The van der Waals surface area contributed by atoms with E-state index in [2.05, 4.69) is 10.3 Å². The summed E-state index contributed by atoms with van der Waals surface area (Å²) in [4.78, 5) is 41.7. The zero-order valence-electron chi connectivity index (χ0n) is 19.5. The average Bonchev–Trinajstić information content (AvgIpc) is 3.18. The molecule has 1 N–H and O–H groups in total. The monoisotopic (exact) mass is 482 g/mol. The lowest BCUT2D eigenvalue weighted by Gasteiger charge is -2.32. The highest BCUT2D eigenvalue weighted by molar-refractivity contribution is 5.94.